The van der Waals surface area contributed by atoms with E-state index in [2.05, 4.69) is 10.5 Å². The van der Waals surface area contributed by atoms with Gasteiger partial charge in [-0.2, -0.15) is 5.10 Å². The third-order valence-electron chi connectivity index (χ3n) is 3.55. The number of rotatable bonds is 6. The summed E-state index contributed by atoms with van der Waals surface area (Å²) in [5.41, 5.74) is 3.51. The van der Waals surface area contributed by atoms with Crippen LogP contribution in [0.3, 0.4) is 0 Å². The van der Waals surface area contributed by atoms with Gasteiger partial charge >= 0.3 is 0 Å². The summed E-state index contributed by atoms with van der Waals surface area (Å²) in [6.45, 7) is -0.0895. The van der Waals surface area contributed by atoms with E-state index in [9.17, 15) is 4.79 Å². The summed E-state index contributed by atoms with van der Waals surface area (Å²) in [6, 6.07) is 23.5. The number of ether oxygens (including phenoxy) is 1. The fraction of sp³-hybridized carbons (Fsp3) is 0.0476. The summed E-state index contributed by atoms with van der Waals surface area (Å²) in [4.78, 5) is 11.8. The average Bonchev–Trinajstić information content (AvgIpc) is 2.67. The molecule has 0 aliphatic carbocycles. The van der Waals surface area contributed by atoms with E-state index in [0.717, 1.165) is 16.3 Å². The molecule has 0 heterocycles. The third kappa shape index (κ3) is 4.78. The van der Waals surface area contributed by atoms with E-state index in [1.54, 1.807) is 6.08 Å². The molecule has 0 atom stereocenters. The molecule has 0 spiro atoms. The minimum absolute atomic E-state index is 0.0895. The number of allylic oxidation sites excluding steroid dienone is 1. The van der Waals surface area contributed by atoms with Crippen molar-refractivity contribution in [3.63, 3.8) is 0 Å². The van der Waals surface area contributed by atoms with Gasteiger partial charge in [0.2, 0.25) is 0 Å². The molecule has 3 rings (SSSR count). The largest absolute Gasteiger partial charge is 0.483 e. The lowest BCUT2D eigenvalue weighted by molar-refractivity contribution is -0.123. The highest BCUT2D eigenvalue weighted by Crippen LogP contribution is 2.24. The van der Waals surface area contributed by atoms with Crippen LogP contribution < -0.4 is 10.2 Å². The van der Waals surface area contributed by atoms with Gasteiger partial charge in [0.15, 0.2) is 6.61 Å². The van der Waals surface area contributed by atoms with Crippen molar-refractivity contribution in [2.24, 2.45) is 5.10 Å². The smallest absolute Gasteiger partial charge is 0.277 e. The Morgan fingerprint density at radius 2 is 1.72 bits per heavy atom. The summed E-state index contributed by atoms with van der Waals surface area (Å²) < 4.78 is 5.60. The Hall–Kier alpha value is -3.40. The minimum Gasteiger partial charge on any atom is -0.483 e. The summed E-state index contributed by atoms with van der Waals surface area (Å²) >= 11 is 0. The number of benzene rings is 3. The van der Waals surface area contributed by atoms with Gasteiger partial charge in [-0.15, -0.1) is 0 Å². The van der Waals surface area contributed by atoms with Crippen LogP contribution in [0, 0.1) is 0 Å². The lowest BCUT2D eigenvalue weighted by Crippen LogP contribution is -2.24. The van der Waals surface area contributed by atoms with E-state index in [1.165, 1.54) is 6.21 Å². The van der Waals surface area contributed by atoms with Crippen LogP contribution in [0.1, 0.15) is 5.56 Å². The van der Waals surface area contributed by atoms with E-state index in [4.69, 9.17) is 4.74 Å². The van der Waals surface area contributed by atoms with Gasteiger partial charge in [0.05, 0.1) is 0 Å². The Morgan fingerprint density at radius 1 is 0.960 bits per heavy atom. The summed E-state index contributed by atoms with van der Waals surface area (Å²) in [6.07, 6.45) is 5.20. The molecular formula is C21H18N2O2. The molecule has 0 fully saturated rings. The third-order valence-corrected chi connectivity index (χ3v) is 3.55. The normalized spacial score (nSPS) is 11.2. The van der Waals surface area contributed by atoms with Gasteiger partial charge < -0.3 is 4.74 Å². The predicted octanol–water partition coefficient (Wildman–Crippen LogP) is 4.03. The van der Waals surface area contributed by atoms with Crippen molar-refractivity contribution < 1.29 is 9.53 Å². The first-order valence-corrected chi connectivity index (χ1v) is 7.97. The first kappa shape index (κ1) is 16.5. The number of nitrogens with zero attached hydrogens (tertiary/aromatic N) is 1. The van der Waals surface area contributed by atoms with Crippen molar-refractivity contribution in [2.45, 2.75) is 0 Å². The number of hydrazone groups is 1. The molecule has 0 radical (unpaired) electrons. The molecule has 0 saturated carbocycles. The standard InChI is InChI=1S/C21H18N2O2/c24-21(23-22-15-7-10-17-8-2-1-3-9-17)16-25-20-14-6-12-18-11-4-5-13-19(18)20/h1-15H,16H2,(H,23,24)/b10-7+,22-15-. The number of nitrogens with one attached hydrogen (secondary N) is 1. The second-order valence-corrected chi connectivity index (χ2v) is 5.35. The second-order valence-electron chi connectivity index (χ2n) is 5.35. The first-order chi connectivity index (χ1) is 12.3. The molecule has 25 heavy (non-hydrogen) atoms. The lowest BCUT2D eigenvalue weighted by Gasteiger charge is -2.08. The van der Waals surface area contributed by atoms with Gasteiger partial charge in [-0.1, -0.05) is 72.8 Å². The molecule has 3 aromatic carbocycles. The van der Waals surface area contributed by atoms with Crippen molar-refractivity contribution >= 4 is 29.0 Å². The maximum absolute atomic E-state index is 11.8. The molecule has 0 aliphatic heterocycles. The molecule has 4 nitrogen and oxygen atoms in total. The zero-order valence-electron chi connectivity index (χ0n) is 13.6. The van der Waals surface area contributed by atoms with Gasteiger partial charge in [-0.3, -0.25) is 4.79 Å². The van der Waals surface area contributed by atoms with Gasteiger partial charge in [0.25, 0.3) is 5.91 Å². The number of carbonyl (C=O) groups is 1. The lowest BCUT2D eigenvalue weighted by atomic mass is 10.1. The van der Waals surface area contributed by atoms with E-state index >= 15 is 0 Å². The first-order valence-electron chi connectivity index (χ1n) is 7.97. The predicted molar refractivity (Wildman–Crippen MR) is 102 cm³/mol. The zero-order chi connectivity index (χ0) is 17.3. The molecular weight excluding hydrogens is 312 g/mol. The highest BCUT2D eigenvalue weighted by Gasteiger charge is 2.04. The van der Waals surface area contributed by atoms with Gasteiger partial charge in [-0.05, 0) is 23.1 Å². The number of amides is 1. The summed E-state index contributed by atoms with van der Waals surface area (Å²) in [7, 11) is 0. The van der Waals surface area contributed by atoms with E-state index < -0.39 is 0 Å². The van der Waals surface area contributed by atoms with Crippen molar-refractivity contribution in [3.8, 4) is 5.75 Å². The van der Waals surface area contributed by atoms with Crippen LogP contribution in [-0.4, -0.2) is 18.7 Å². The van der Waals surface area contributed by atoms with Crippen LogP contribution in [0.25, 0.3) is 16.8 Å². The molecule has 0 aromatic heterocycles. The highest BCUT2D eigenvalue weighted by atomic mass is 16.5. The Morgan fingerprint density at radius 3 is 2.60 bits per heavy atom. The van der Waals surface area contributed by atoms with Crippen molar-refractivity contribution in [1.29, 1.82) is 0 Å². The molecule has 0 aliphatic rings. The maximum atomic E-state index is 11.8. The molecule has 1 N–H and O–H groups in total. The summed E-state index contributed by atoms with van der Waals surface area (Å²) in [5, 5.41) is 5.92. The molecule has 124 valence electrons. The topological polar surface area (TPSA) is 50.7 Å². The van der Waals surface area contributed by atoms with Crippen molar-refractivity contribution in [2.75, 3.05) is 6.61 Å². The summed E-state index contributed by atoms with van der Waals surface area (Å²) in [5.74, 6) is 0.374. The van der Waals surface area contributed by atoms with Crippen molar-refractivity contribution in [3.05, 3.63) is 84.4 Å². The molecule has 3 aromatic rings. The van der Waals surface area contributed by atoms with E-state index in [-0.39, 0.29) is 12.5 Å². The zero-order valence-corrected chi connectivity index (χ0v) is 13.6. The Balaban J connectivity index is 1.49. The second kappa shape index (κ2) is 8.45. The number of carbonyl (C=O) groups excluding carboxylic acids is 1. The maximum Gasteiger partial charge on any atom is 0.277 e. The fourth-order valence-electron chi connectivity index (χ4n) is 2.37. The molecule has 4 heteroatoms. The molecule has 0 unspecified atom stereocenters. The molecule has 0 bridgehead atoms. The van der Waals surface area contributed by atoms with E-state index in [0.29, 0.717) is 5.75 Å². The van der Waals surface area contributed by atoms with E-state index in [1.807, 2.05) is 78.9 Å². The van der Waals surface area contributed by atoms with Crippen LogP contribution in [-0.2, 0) is 4.79 Å². The molecule has 0 saturated heterocycles. The van der Waals surface area contributed by atoms with Crippen LogP contribution in [0.5, 0.6) is 5.75 Å². The van der Waals surface area contributed by atoms with Gasteiger partial charge in [0.1, 0.15) is 5.75 Å². The number of hydrogen-bond acceptors (Lipinski definition) is 3. The molecule has 1 amide bonds. The Bertz CT molecular complexity index is 897. The number of fused-ring (bicyclic) bond motifs is 1. The quantitative estimate of drug-likeness (QED) is 0.548. The minimum atomic E-state index is -0.308. The Labute approximate surface area is 146 Å². The van der Waals surface area contributed by atoms with Crippen LogP contribution >= 0.6 is 0 Å². The van der Waals surface area contributed by atoms with Gasteiger partial charge in [0, 0.05) is 11.6 Å². The number of hydrogen-bond donors (Lipinski definition) is 1. The average molecular weight is 330 g/mol. The SMILES string of the molecule is O=C(COc1cccc2ccccc12)N/N=C\C=C\c1ccccc1. The van der Waals surface area contributed by atoms with Crippen LogP contribution in [0.4, 0.5) is 0 Å². The van der Waals surface area contributed by atoms with Crippen LogP contribution in [0.2, 0.25) is 0 Å². The fourth-order valence-corrected chi connectivity index (χ4v) is 2.37. The van der Waals surface area contributed by atoms with Crippen LogP contribution in [0.15, 0.2) is 84.0 Å². The van der Waals surface area contributed by atoms with Crippen molar-refractivity contribution in [1.82, 2.24) is 5.43 Å². The highest BCUT2D eigenvalue weighted by molar-refractivity contribution is 5.88. The monoisotopic (exact) mass is 330 g/mol. The van der Waals surface area contributed by atoms with Gasteiger partial charge in [-0.25, -0.2) is 5.43 Å². The Kier molecular flexibility index (Phi) is 5.56.